The average molecular weight is 255 g/mol. The van der Waals surface area contributed by atoms with Crippen molar-refractivity contribution in [1.29, 1.82) is 0 Å². The molecule has 100 valence electrons. The molecule has 1 heterocycles. The van der Waals surface area contributed by atoms with Gasteiger partial charge < -0.3 is 15.5 Å². The maximum absolute atomic E-state index is 13.5. The van der Waals surface area contributed by atoms with E-state index in [0.717, 1.165) is 6.20 Å². The van der Waals surface area contributed by atoms with Crippen molar-refractivity contribution in [3.05, 3.63) is 12.0 Å². The van der Waals surface area contributed by atoms with Gasteiger partial charge in [-0.1, -0.05) is 0 Å². The first kappa shape index (κ1) is 14.1. The second-order valence-electron chi connectivity index (χ2n) is 4.02. The average Bonchev–Trinajstić information content (AvgIpc) is 2.32. The summed E-state index contributed by atoms with van der Waals surface area (Å²) in [6, 6.07) is -0.557. The molecule has 1 unspecified atom stereocenters. The fourth-order valence-corrected chi connectivity index (χ4v) is 1.37. The Balaban J connectivity index is 2.82. The Hall–Kier alpha value is -1.92. The summed E-state index contributed by atoms with van der Waals surface area (Å²) in [5.41, 5.74) is 0. The van der Waals surface area contributed by atoms with Crippen LogP contribution in [0.15, 0.2) is 6.20 Å². The molecule has 1 aromatic heterocycles. The normalized spacial score (nSPS) is 11.8. The monoisotopic (exact) mass is 255 g/mol. The number of hydrogen-bond donors (Lipinski definition) is 2. The van der Waals surface area contributed by atoms with E-state index in [0.29, 0.717) is 12.5 Å². The zero-order valence-corrected chi connectivity index (χ0v) is 11.0. The van der Waals surface area contributed by atoms with Crippen LogP contribution in [0.2, 0.25) is 0 Å². The summed E-state index contributed by atoms with van der Waals surface area (Å²) in [5.74, 6) is -0.400. The Labute approximate surface area is 106 Å². The molecule has 0 saturated heterocycles. The molecule has 6 nitrogen and oxygen atoms in total. The molecule has 1 rings (SSSR count). The van der Waals surface area contributed by atoms with Gasteiger partial charge in [-0.15, -0.1) is 0 Å². The maximum atomic E-state index is 13.5. The summed E-state index contributed by atoms with van der Waals surface area (Å²) in [7, 11) is 3.28. The molecule has 7 heteroatoms. The number of carbonyl (C=O) groups excluding carboxylic acids is 1. The third-order valence-corrected chi connectivity index (χ3v) is 2.24. The summed E-state index contributed by atoms with van der Waals surface area (Å²) in [6.07, 6.45) is 1.07. The molecule has 0 spiro atoms. The van der Waals surface area contributed by atoms with E-state index < -0.39 is 11.9 Å². The molecule has 0 saturated carbocycles. The van der Waals surface area contributed by atoms with E-state index in [-0.39, 0.29) is 11.7 Å². The maximum Gasteiger partial charge on any atom is 0.244 e. The number of halogens is 1. The molecule has 1 aromatic rings. The van der Waals surface area contributed by atoms with Gasteiger partial charge in [0.1, 0.15) is 6.04 Å². The molecule has 2 N–H and O–H groups in total. The van der Waals surface area contributed by atoms with Gasteiger partial charge in [-0.05, 0) is 13.8 Å². The Morgan fingerprint density at radius 1 is 1.56 bits per heavy atom. The largest absolute Gasteiger partial charge is 0.356 e. The molecule has 0 bridgehead atoms. The lowest BCUT2D eigenvalue weighted by Gasteiger charge is -2.18. The predicted molar refractivity (Wildman–Crippen MR) is 67.9 cm³/mol. The highest BCUT2D eigenvalue weighted by Gasteiger charge is 2.17. The van der Waals surface area contributed by atoms with Crippen molar-refractivity contribution in [2.75, 3.05) is 31.3 Å². The number of nitrogens with zero attached hydrogens (tertiary/aromatic N) is 3. The van der Waals surface area contributed by atoms with Crippen molar-refractivity contribution in [1.82, 2.24) is 14.9 Å². The molecule has 18 heavy (non-hydrogen) atoms. The predicted octanol–water partition coefficient (Wildman–Crippen LogP) is 0.936. The quantitative estimate of drug-likeness (QED) is 0.819. The summed E-state index contributed by atoms with van der Waals surface area (Å²) in [6.45, 7) is 4.17. The Kier molecular flexibility index (Phi) is 4.82. The minimum Gasteiger partial charge on any atom is -0.356 e. The van der Waals surface area contributed by atoms with E-state index in [4.69, 9.17) is 0 Å². The van der Waals surface area contributed by atoms with Crippen molar-refractivity contribution >= 4 is 17.7 Å². The fourth-order valence-electron chi connectivity index (χ4n) is 1.37. The van der Waals surface area contributed by atoms with Gasteiger partial charge >= 0.3 is 0 Å². The number of likely N-dealkylation sites (N-methyl/N-ethyl adjacent to an activating group) is 1. The van der Waals surface area contributed by atoms with E-state index in [1.807, 2.05) is 6.92 Å². The highest BCUT2D eigenvalue weighted by molar-refractivity contribution is 5.83. The topological polar surface area (TPSA) is 70.2 Å². The molecule has 1 atom stereocenters. The van der Waals surface area contributed by atoms with Gasteiger partial charge in [0.25, 0.3) is 0 Å². The number of rotatable bonds is 5. The lowest BCUT2D eigenvalue weighted by molar-refractivity contribution is -0.129. The number of carbonyl (C=O) groups is 1. The van der Waals surface area contributed by atoms with E-state index in [2.05, 4.69) is 20.6 Å². The van der Waals surface area contributed by atoms with Crippen LogP contribution in [0.3, 0.4) is 0 Å². The van der Waals surface area contributed by atoms with Gasteiger partial charge in [-0.25, -0.2) is 9.37 Å². The smallest absolute Gasteiger partial charge is 0.244 e. The molecule has 1 amide bonds. The van der Waals surface area contributed by atoms with Gasteiger partial charge in [-0.3, -0.25) is 4.79 Å². The lowest BCUT2D eigenvalue weighted by Crippen LogP contribution is -2.37. The first-order chi connectivity index (χ1) is 8.45. The van der Waals surface area contributed by atoms with E-state index >= 15 is 0 Å². The van der Waals surface area contributed by atoms with Crippen molar-refractivity contribution in [2.45, 2.75) is 19.9 Å². The minimum absolute atomic E-state index is 0.0173. The van der Waals surface area contributed by atoms with Crippen LogP contribution >= 0.6 is 0 Å². The summed E-state index contributed by atoms with van der Waals surface area (Å²) < 4.78 is 13.5. The molecule has 0 aliphatic heterocycles. The van der Waals surface area contributed by atoms with Gasteiger partial charge in [0.15, 0.2) is 11.6 Å². The lowest BCUT2D eigenvalue weighted by atomic mass is 10.3. The number of nitrogens with one attached hydrogen (secondary N) is 2. The highest BCUT2D eigenvalue weighted by Crippen LogP contribution is 2.13. The standard InChI is InChI=1S/C11H18FN5O/c1-5-13-11-14-6-8(12)9(16-11)15-7(2)10(18)17(3)4/h6-7H,5H2,1-4H3,(H2,13,14,15,16). The van der Waals surface area contributed by atoms with E-state index in [1.54, 1.807) is 21.0 Å². The van der Waals surface area contributed by atoms with E-state index in [9.17, 15) is 9.18 Å². The summed E-state index contributed by atoms with van der Waals surface area (Å²) in [4.78, 5) is 20.8. The van der Waals surface area contributed by atoms with Gasteiger partial charge in [-0.2, -0.15) is 4.98 Å². The SMILES string of the molecule is CCNc1ncc(F)c(NC(C)C(=O)N(C)C)n1. The third-order valence-electron chi connectivity index (χ3n) is 2.24. The molecule has 0 aliphatic carbocycles. The van der Waals surface area contributed by atoms with Crippen LogP contribution in [-0.2, 0) is 4.79 Å². The number of aromatic nitrogens is 2. The molecule has 0 fully saturated rings. The first-order valence-electron chi connectivity index (χ1n) is 5.69. The van der Waals surface area contributed by atoms with Crippen molar-refractivity contribution < 1.29 is 9.18 Å². The van der Waals surface area contributed by atoms with Crippen LogP contribution in [0.1, 0.15) is 13.8 Å². The Morgan fingerprint density at radius 3 is 2.78 bits per heavy atom. The summed E-state index contributed by atoms with van der Waals surface area (Å²) >= 11 is 0. The second-order valence-corrected chi connectivity index (χ2v) is 4.02. The van der Waals surface area contributed by atoms with E-state index in [1.165, 1.54) is 4.90 Å². The van der Waals surface area contributed by atoms with Gasteiger partial charge in [0, 0.05) is 20.6 Å². The van der Waals surface area contributed by atoms with Crippen LogP contribution in [0.4, 0.5) is 16.2 Å². The zero-order valence-electron chi connectivity index (χ0n) is 11.0. The summed E-state index contributed by atoms with van der Waals surface area (Å²) in [5, 5.41) is 5.61. The second kappa shape index (κ2) is 6.13. The molecular weight excluding hydrogens is 237 g/mol. The molecule has 0 radical (unpaired) electrons. The highest BCUT2D eigenvalue weighted by atomic mass is 19.1. The first-order valence-corrected chi connectivity index (χ1v) is 5.69. The third kappa shape index (κ3) is 3.54. The number of amides is 1. The fraction of sp³-hybridized carbons (Fsp3) is 0.545. The number of anilines is 2. The Bertz CT molecular complexity index is 424. The minimum atomic E-state index is -0.588. The van der Waals surface area contributed by atoms with Gasteiger partial charge in [0.2, 0.25) is 11.9 Å². The van der Waals surface area contributed by atoms with Crippen LogP contribution < -0.4 is 10.6 Å². The van der Waals surface area contributed by atoms with Crippen molar-refractivity contribution in [3.8, 4) is 0 Å². The van der Waals surface area contributed by atoms with Crippen LogP contribution in [-0.4, -0.2) is 47.5 Å². The van der Waals surface area contributed by atoms with Gasteiger partial charge in [0.05, 0.1) is 6.20 Å². The van der Waals surface area contributed by atoms with Crippen LogP contribution in [0.25, 0.3) is 0 Å². The molecule has 0 aromatic carbocycles. The molecular formula is C11H18FN5O. The Morgan fingerprint density at radius 2 is 2.22 bits per heavy atom. The van der Waals surface area contributed by atoms with Crippen LogP contribution in [0, 0.1) is 5.82 Å². The van der Waals surface area contributed by atoms with Crippen LogP contribution in [0.5, 0.6) is 0 Å². The van der Waals surface area contributed by atoms with Crippen molar-refractivity contribution in [3.63, 3.8) is 0 Å². The van der Waals surface area contributed by atoms with Crippen molar-refractivity contribution in [2.24, 2.45) is 0 Å². The zero-order chi connectivity index (χ0) is 13.7. The number of hydrogen-bond acceptors (Lipinski definition) is 5. The molecule has 0 aliphatic rings.